The number of benzene rings is 2. The summed E-state index contributed by atoms with van der Waals surface area (Å²) in [4.78, 5) is 14.4. The number of hydrogen-bond donors (Lipinski definition) is 1. The van der Waals surface area contributed by atoms with E-state index in [0.717, 1.165) is 5.56 Å². The molecule has 0 unspecified atom stereocenters. The quantitative estimate of drug-likeness (QED) is 0.519. The molecule has 0 aromatic heterocycles. The van der Waals surface area contributed by atoms with Gasteiger partial charge in [0.15, 0.2) is 0 Å². The Hall–Kier alpha value is -2.69. The second-order valence-electron chi connectivity index (χ2n) is 4.04. The second-order valence-corrected chi connectivity index (χ2v) is 4.04. The van der Waals surface area contributed by atoms with Crippen LogP contribution in [0.4, 0.5) is 11.4 Å². The van der Waals surface area contributed by atoms with E-state index in [1.807, 2.05) is 6.92 Å². The molecule has 0 aliphatic heterocycles. The first-order chi connectivity index (χ1) is 9.08. The van der Waals surface area contributed by atoms with Crippen LogP contribution < -0.4 is 0 Å². The van der Waals surface area contributed by atoms with Crippen molar-refractivity contribution in [3.63, 3.8) is 0 Å². The first-order valence-electron chi connectivity index (χ1n) is 5.65. The Morgan fingerprint density at radius 2 is 2.00 bits per heavy atom. The Balaban J connectivity index is 2.35. The minimum atomic E-state index is -0.460. The van der Waals surface area contributed by atoms with Crippen LogP contribution in [0.1, 0.15) is 11.1 Å². The van der Waals surface area contributed by atoms with Crippen molar-refractivity contribution in [2.45, 2.75) is 6.92 Å². The van der Waals surface area contributed by atoms with Crippen LogP contribution >= 0.6 is 0 Å². The summed E-state index contributed by atoms with van der Waals surface area (Å²) < 4.78 is 0. The topological polar surface area (TPSA) is 75.7 Å². The zero-order valence-corrected chi connectivity index (χ0v) is 10.3. The Kier molecular flexibility index (Phi) is 3.56. The summed E-state index contributed by atoms with van der Waals surface area (Å²) in [5, 5.41) is 20.3. The molecule has 0 bridgehead atoms. The van der Waals surface area contributed by atoms with Crippen LogP contribution in [0.3, 0.4) is 0 Å². The molecule has 19 heavy (non-hydrogen) atoms. The fraction of sp³-hybridized carbons (Fsp3) is 0.0714. The smallest absolute Gasteiger partial charge is 0.271 e. The maximum absolute atomic E-state index is 10.7. The van der Waals surface area contributed by atoms with Crippen molar-refractivity contribution in [2.75, 3.05) is 0 Å². The number of hydrogen-bond acceptors (Lipinski definition) is 4. The maximum atomic E-state index is 10.7. The third kappa shape index (κ3) is 2.95. The lowest BCUT2D eigenvalue weighted by Gasteiger charge is -2.00. The van der Waals surface area contributed by atoms with E-state index in [0.29, 0.717) is 11.3 Å². The summed E-state index contributed by atoms with van der Waals surface area (Å²) in [6, 6.07) is 11.3. The zero-order valence-electron chi connectivity index (χ0n) is 10.3. The van der Waals surface area contributed by atoms with Gasteiger partial charge in [0.05, 0.1) is 10.6 Å². The molecule has 0 aliphatic rings. The average molecular weight is 256 g/mol. The van der Waals surface area contributed by atoms with Crippen LogP contribution in [0.15, 0.2) is 47.5 Å². The van der Waals surface area contributed by atoms with Gasteiger partial charge in [-0.25, -0.2) is 0 Å². The molecule has 0 saturated heterocycles. The van der Waals surface area contributed by atoms with E-state index in [4.69, 9.17) is 0 Å². The third-order valence-electron chi connectivity index (χ3n) is 2.68. The normalized spacial score (nSPS) is 10.8. The van der Waals surface area contributed by atoms with Crippen molar-refractivity contribution in [1.29, 1.82) is 0 Å². The highest BCUT2D eigenvalue weighted by Crippen LogP contribution is 2.25. The summed E-state index contributed by atoms with van der Waals surface area (Å²) >= 11 is 0. The van der Waals surface area contributed by atoms with Crippen molar-refractivity contribution in [3.05, 3.63) is 63.7 Å². The average Bonchev–Trinajstić information content (AvgIpc) is 2.39. The number of nitrogens with zero attached hydrogens (tertiary/aromatic N) is 2. The molecule has 0 amide bonds. The van der Waals surface area contributed by atoms with Gasteiger partial charge in [0.25, 0.3) is 5.69 Å². The molecular formula is C14H12N2O3. The molecule has 96 valence electrons. The maximum Gasteiger partial charge on any atom is 0.271 e. The molecule has 1 N–H and O–H groups in total. The third-order valence-corrected chi connectivity index (χ3v) is 2.68. The Bertz CT molecular complexity index is 651. The minimum absolute atomic E-state index is 0.00460. The number of rotatable bonds is 3. The molecule has 0 radical (unpaired) electrons. The molecular weight excluding hydrogens is 244 g/mol. The number of nitro benzene ring substituents is 1. The number of phenols is 1. The SMILES string of the molecule is Cc1ccc([N+](=O)[O-])cc1N=Cc1ccccc1O. The highest BCUT2D eigenvalue weighted by atomic mass is 16.6. The van der Waals surface area contributed by atoms with E-state index in [1.54, 1.807) is 30.3 Å². The predicted molar refractivity (Wildman–Crippen MR) is 73.2 cm³/mol. The van der Waals surface area contributed by atoms with Gasteiger partial charge in [-0.1, -0.05) is 18.2 Å². The Morgan fingerprint density at radius 3 is 2.68 bits per heavy atom. The largest absolute Gasteiger partial charge is 0.507 e. The number of nitro groups is 1. The van der Waals surface area contributed by atoms with Crippen LogP contribution in [0.2, 0.25) is 0 Å². The van der Waals surface area contributed by atoms with Gasteiger partial charge in [0.1, 0.15) is 5.75 Å². The van der Waals surface area contributed by atoms with Gasteiger partial charge in [-0.3, -0.25) is 15.1 Å². The van der Waals surface area contributed by atoms with E-state index in [-0.39, 0.29) is 11.4 Å². The number of aryl methyl sites for hydroxylation is 1. The highest BCUT2D eigenvalue weighted by molar-refractivity contribution is 5.85. The Morgan fingerprint density at radius 1 is 1.26 bits per heavy atom. The van der Waals surface area contributed by atoms with Crippen molar-refractivity contribution in [3.8, 4) is 5.75 Å². The summed E-state index contributed by atoms with van der Waals surface area (Å²) in [5.74, 6) is 0.120. The lowest BCUT2D eigenvalue weighted by Crippen LogP contribution is -1.88. The van der Waals surface area contributed by atoms with Crippen molar-refractivity contribution < 1.29 is 10.0 Å². The van der Waals surface area contributed by atoms with Crippen LogP contribution in [-0.4, -0.2) is 16.2 Å². The number of non-ortho nitro benzene ring substituents is 1. The molecule has 2 aromatic carbocycles. The molecule has 0 fully saturated rings. The van der Waals surface area contributed by atoms with E-state index in [9.17, 15) is 15.2 Å². The monoisotopic (exact) mass is 256 g/mol. The molecule has 5 heteroatoms. The van der Waals surface area contributed by atoms with Gasteiger partial charge in [-0.2, -0.15) is 0 Å². The predicted octanol–water partition coefficient (Wildman–Crippen LogP) is 3.36. The first kappa shape index (κ1) is 12.8. The first-order valence-corrected chi connectivity index (χ1v) is 5.65. The minimum Gasteiger partial charge on any atom is -0.507 e. The van der Waals surface area contributed by atoms with Crippen molar-refractivity contribution in [2.24, 2.45) is 4.99 Å². The van der Waals surface area contributed by atoms with Gasteiger partial charge in [0.2, 0.25) is 0 Å². The van der Waals surface area contributed by atoms with Crippen LogP contribution in [0.25, 0.3) is 0 Å². The number of aromatic hydroxyl groups is 1. The van der Waals surface area contributed by atoms with Crippen molar-refractivity contribution >= 4 is 17.6 Å². The van der Waals surface area contributed by atoms with Gasteiger partial charge in [-0.05, 0) is 24.6 Å². The molecule has 2 rings (SSSR count). The summed E-state index contributed by atoms with van der Waals surface area (Å²) in [6.45, 7) is 1.82. The van der Waals surface area contributed by atoms with Crippen LogP contribution in [-0.2, 0) is 0 Å². The lowest BCUT2D eigenvalue weighted by atomic mass is 10.2. The van der Waals surface area contributed by atoms with Gasteiger partial charge in [-0.15, -0.1) is 0 Å². The van der Waals surface area contributed by atoms with E-state index >= 15 is 0 Å². The number of aliphatic imine (C=N–C) groups is 1. The molecule has 2 aromatic rings. The molecule has 0 heterocycles. The zero-order chi connectivity index (χ0) is 13.8. The summed E-state index contributed by atoms with van der Waals surface area (Å²) in [5.41, 5.74) is 1.90. The molecule has 5 nitrogen and oxygen atoms in total. The van der Waals surface area contributed by atoms with E-state index in [2.05, 4.69) is 4.99 Å². The highest BCUT2D eigenvalue weighted by Gasteiger charge is 2.07. The van der Waals surface area contributed by atoms with E-state index in [1.165, 1.54) is 18.3 Å². The van der Waals surface area contributed by atoms with Gasteiger partial charge in [0, 0.05) is 23.9 Å². The second kappa shape index (κ2) is 5.30. The molecule has 0 spiro atoms. The molecule has 0 atom stereocenters. The van der Waals surface area contributed by atoms with E-state index < -0.39 is 4.92 Å². The Labute approximate surface area is 110 Å². The fourth-order valence-electron chi connectivity index (χ4n) is 1.59. The van der Waals surface area contributed by atoms with Crippen LogP contribution in [0, 0.1) is 17.0 Å². The summed E-state index contributed by atoms with van der Waals surface area (Å²) in [6.07, 6.45) is 1.49. The molecule has 0 aliphatic carbocycles. The number of phenolic OH excluding ortho intramolecular Hbond substituents is 1. The standard InChI is InChI=1S/C14H12N2O3/c1-10-6-7-12(16(18)19)8-13(10)15-9-11-4-2-3-5-14(11)17/h2-9,17H,1H3. The van der Waals surface area contributed by atoms with Crippen LogP contribution in [0.5, 0.6) is 5.75 Å². The lowest BCUT2D eigenvalue weighted by molar-refractivity contribution is -0.384. The van der Waals surface area contributed by atoms with Crippen molar-refractivity contribution in [1.82, 2.24) is 0 Å². The summed E-state index contributed by atoms with van der Waals surface area (Å²) in [7, 11) is 0. The number of para-hydroxylation sites is 1. The fourth-order valence-corrected chi connectivity index (χ4v) is 1.59. The van der Waals surface area contributed by atoms with Gasteiger partial charge >= 0.3 is 0 Å². The van der Waals surface area contributed by atoms with Gasteiger partial charge < -0.3 is 5.11 Å². The molecule has 0 saturated carbocycles.